The van der Waals surface area contributed by atoms with E-state index in [1.807, 2.05) is 6.07 Å². The summed E-state index contributed by atoms with van der Waals surface area (Å²) in [4.78, 5) is 31.2. The maximum absolute atomic E-state index is 12.9. The fraction of sp³-hybridized carbons (Fsp3) is 0.0870. The summed E-state index contributed by atoms with van der Waals surface area (Å²) in [5, 5.41) is 20.5. The van der Waals surface area contributed by atoms with E-state index >= 15 is 0 Å². The predicted molar refractivity (Wildman–Crippen MR) is 107 cm³/mol. The number of aliphatic hydroxyl groups excluding tert-OH is 1. The Morgan fingerprint density at radius 1 is 0.966 bits per heavy atom. The lowest BCUT2D eigenvalue weighted by molar-refractivity contribution is -0.140. The fourth-order valence-corrected chi connectivity index (χ4v) is 3.49. The van der Waals surface area contributed by atoms with Gasteiger partial charge in [0, 0.05) is 24.5 Å². The number of aromatic hydroxyl groups is 1. The minimum Gasteiger partial charge on any atom is -0.508 e. The molecule has 2 aromatic carbocycles. The smallest absolute Gasteiger partial charge is 0.295 e. The Labute approximate surface area is 167 Å². The molecule has 1 fully saturated rings. The molecule has 1 amide bonds. The van der Waals surface area contributed by atoms with Crippen LogP contribution in [0.15, 0.2) is 84.7 Å². The van der Waals surface area contributed by atoms with E-state index in [1.54, 1.807) is 60.9 Å². The molecule has 0 saturated carbocycles. The Morgan fingerprint density at radius 3 is 2.34 bits per heavy atom. The molecule has 1 saturated heterocycles. The first kappa shape index (κ1) is 18.4. The van der Waals surface area contributed by atoms with Gasteiger partial charge in [-0.25, -0.2) is 0 Å². The summed E-state index contributed by atoms with van der Waals surface area (Å²) in [6, 6.07) is 17.7. The van der Waals surface area contributed by atoms with Gasteiger partial charge in [-0.15, -0.1) is 0 Å². The van der Waals surface area contributed by atoms with Crippen molar-refractivity contribution in [1.82, 2.24) is 9.88 Å². The average Bonchev–Trinajstić information content (AvgIpc) is 3.00. The molecule has 1 aliphatic rings. The number of nitrogens with zero attached hydrogens (tertiary/aromatic N) is 2. The molecular weight excluding hydrogens is 368 g/mol. The molecule has 1 aliphatic heterocycles. The fourth-order valence-electron chi connectivity index (χ4n) is 3.49. The van der Waals surface area contributed by atoms with Gasteiger partial charge in [-0.3, -0.25) is 14.6 Å². The summed E-state index contributed by atoms with van der Waals surface area (Å²) >= 11 is 0. The van der Waals surface area contributed by atoms with Crippen LogP contribution in [-0.2, 0) is 16.1 Å². The minimum absolute atomic E-state index is 0.0239. The number of Topliss-reactive ketones (excluding diaryl/α,β-unsaturated/α-hetero) is 1. The third-order valence-corrected chi connectivity index (χ3v) is 4.87. The van der Waals surface area contributed by atoms with Crippen molar-refractivity contribution in [3.05, 3.63) is 101 Å². The van der Waals surface area contributed by atoms with Crippen molar-refractivity contribution >= 4 is 17.4 Å². The molecule has 6 heteroatoms. The van der Waals surface area contributed by atoms with Crippen LogP contribution in [0.5, 0.6) is 5.75 Å². The molecule has 2 N–H and O–H groups in total. The lowest BCUT2D eigenvalue weighted by atomic mass is 9.95. The van der Waals surface area contributed by atoms with Gasteiger partial charge < -0.3 is 15.1 Å². The topological polar surface area (TPSA) is 90.7 Å². The van der Waals surface area contributed by atoms with Crippen LogP contribution in [0.25, 0.3) is 5.76 Å². The number of likely N-dealkylation sites (tertiary alicyclic amines) is 1. The number of carbonyl (C=O) groups is 2. The average molecular weight is 386 g/mol. The summed E-state index contributed by atoms with van der Waals surface area (Å²) in [5.74, 6) is -1.59. The van der Waals surface area contributed by atoms with E-state index in [4.69, 9.17) is 0 Å². The number of hydrogen-bond donors (Lipinski definition) is 2. The highest BCUT2D eigenvalue weighted by Crippen LogP contribution is 2.40. The van der Waals surface area contributed by atoms with Crippen molar-refractivity contribution in [2.45, 2.75) is 12.6 Å². The number of phenolic OH excluding ortho intramolecular Hbond substituents is 1. The number of carbonyl (C=O) groups excluding carboxylic acids is 2. The van der Waals surface area contributed by atoms with E-state index < -0.39 is 17.7 Å². The Hall–Kier alpha value is -3.93. The number of aliphatic hydroxyl groups is 1. The zero-order valence-corrected chi connectivity index (χ0v) is 15.4. The van der Waals surface area contributed by atoms with Crippen molar-refractivity contribution in [1.29, 1.82) is 0 Å². The third-order valence-electron chi connectivity index (χ3n) is 4.87. The van der Waals surface area contributed by atoms with E-state index in [-0.39, 0.29) is 23.6 Å². The molecule has 6 nitrogen and oxygen atoms in total. The van der Waals surface area contributed by atoms with Gasteiger partial charge in [-0.05, 0) is 29.3 Å². The Bertz CT molecular complexity index is 1080. The van der Waals surface area contributed by atoms with Crippen molar-refractivity contribution in [2.24, 2.45) is 0 Å². The first-order chi connectivity index (χ1) is 14.1. The number of rotatable bonds is 4. The molecule has 1 aromatic heterocycles. The summed E-state index contributed by atoms with van der Waals surface area (Å²) in [6.07, 6.45) is 3.26. The van der Waals surface area contributed by atoms with Gasteiger partial charge in [0.15, 0.2) is 0 Å². The standard InChI is InChI=1S/C23H18N2O4/c26-18-10-8-16(9-11-18)20-19(21(27)17-6-2-1-3-7-17)22(28)23(29)25(20)14-15-5-4-12-24-13-15/h1-13,20,26-27H,14H2/b21-19+/t20-/m0/s1. The quantitative estimate of drug-likeness (QED) is 0.407. The molecule has 0 unspecified atom stereocenters. The number of pyridine rings is 1. The molecule has 29 heavy (non-hydrogen) atoms. The summed E-state index contributed by atoms with van der Waals surface area (Å²) in [6.45, 7) is 0.162. The van der Waals surface area contributed by atoms with Crippen LogP contribution in [0.2, 0.25) is 0 Å². The van der Waals surface area contributed by atoms with Gasteiger partial charge in [-0.2, -0.15) is 0 Å². The Morgan fingerprint density at radius 2 is 1.69 bits per heavy atom. The number of amides is 1. The zero-order valence-electron chi connectivity index (χ0n) is 15.4. The molecule has 1 atom stereocenters. The largest absolute Gasteiger partial charge is 0.508 e. The first-order valence-corrected chi connectivity index (χ1v) is 9.08. The second-order valence-electron chi connectivity index (χ2n) is 6.75. The van der Waals surface area contributed by atoms with E-state index in [9.17, 15) is 19.8 Å². The highest BCUT2D eigenvalue weighted by atomic mass is 16.3. The molecule has 0 aliphatic carbocycles. The van der Waals surface area contributed by atoms with Crippen molar-refractivity contribution in [3.8, 4) is 5.75 Å². The molecule has 0 bridgehead atoms. The lowest BCUT2D eigenvalue weighted by Crippen LogP contribution is -2.29. The SMILES string of the molecule is O=C1C(=O)N(Cc2cccnc2)[C@@H](c2ccc(O)cc2)/C1=C(\O)c1ccccc1. The van der Waals surface area contributed by atoms with Crippen molar-refractivity contribution in [2.75, 3.05) is 0 Å². The molecule has 144 valence electrons. The van der Waals surface area contributed by atoms with Crippen LogP contribution in [0.3, 0.4) is 0 Å². The lowest BCUT2D eigenvalue weighted by Gasteiger charge is -2.25. The van der Waals surface area contributed by atoms with E-state index in [2.05, 4.69) is 4.98 Å². The van der Waals surface area contributed by atoms with Gasteiger partial charge in [0.1, 0.15) is 11.5 Å². The first-order valence-electron chi connectivity index (χ1n) is 9.08. The van der Waals surface area contributed by atoms with Crippen LogP contribution in [0.1, 0.15) is 22.7 Å². The molecule has 0 radical (unpaired) electrons. The maximum Gasteiger partial charge on any atom is 0.295 e. The summed E-state index contributed by atoms with van der Waals surface area (Å²) < 4.78 is 0. The number of ketones is 1. The normalized spacial score (nSPS) is 18.2. The van der Waals surface area contributed by atoms with Crippen LogP contribution in [0, 0.1) is 0 Å². The van der Waals surface area contributed by atoms with Crippen LogP contribution >= 0.6 is 0 Å². The van der Waals surface area contributed by atoms with Crippen molar-refractivity contribution < 1.29 is 19.8 Å². The van der Waals surface area contributed by atoms with Crippen LogP contribution < -0.4 is 0 Å². The van der Waals surface area contributed by atoms with Gasteiger partial charge in [0.2, 0.25) is 0 Å². The summed E-state index contributed by atoms with van der Waals surface area (Å²) in [7, 11) is 0. The highest BCUT2D eigenvalue weighted by molar-refractivity contribution is 6.46. The molecule has 3 aromatic rings. The van der Waals surface area contributed by atoms with Crippen molar-refractivity contribution in [3.63, 3.8) is 0 Å². The molecule has 0 spiro atoms. The van der Waals surface area contributed by atoms with Crippen LogP contribution in [-0.4, -0.2) is 31.8 Å². The number of phenols is 1. The van der Waals surface area contributed by atoms with E-state index in [1.165, 1.54) is 17.0 Å². The maximum atomic E-state index is 12.9. The third kappa shape index (κ3) is 3.48. The second kappa shape index (κ2) is 7.59. The Kier molecular flexibility index (Phi) is 4.83. The van der Waals surface area contributed by atoms with Gasteiger partial charge in [0.25, 0.3) is 11.7 Å². The number of benzene rings is 2. The van der Waals surface area contributed by atoms with Gasteiger partial charge in [0.05, 0.1) is 11.6 Å². The number of hydrogen-bond acceptors (Lipinski definition) is 5. The molecule has 4 rings (SSSR count). The molecule has 2 heterocycles. The Balaban J connectivity index is 1.86. The second-order valence-corrected chi connectivity index (χ2v) is 6.75. The summed E-state index contributed by atoms with van der Waals surface area (Å²) in [5.41, 5.74) is 1.85. The van der Waals surface area contributed by atoms with Gasteiger partial charge >= 0.3 is 0 Å². The van der Waals surface area contributed by atoms with E-state index in [0.29, 0.717) is 11.1 Å². The van der Waals surface area contributed by atoms with E-state index in [0.717, 1.165) is 5.56 Å². The highest BCUT2D eigenvalue weighted by Gasteiger charge is 2.46. The zero-order chi connectivity index (χ0) is 20.4. The molecular formula is C23H18N2O4. The predicted octanol–water partition coefficient (Wildman–Crippen LogP) is 3.41. The van der Waals surface area contributed by atoms with Gasteiger partial charge in [-0.1, -0.05) is 48.5 Å². The monoisotopic (exact) mass is 386 g/mol. The van der Waals surface area contributed by atoms with Crippen LogP contribution in [0.4, 0.5) is 0 Å². The minimum atomic E-state index is -0.781. The number of aromatic nitrogens is 1.